The molecular weight excluding hydrogens is 270 g/mol. The summed E-state index contributed by atoms with van der Waals surface area (Å²) in [6, 6.07) is 0.513. The Morgan fingerprint density at radius 3 is 3.10 bits per heavy atom. The normalized spacial score (nSPS) is 25.6. The van der Waals surface area contributed by atoms with Crippen LogP contribution in [-0.4, -0.2) is 36.8 Å². The highest BCUT2D eigenvalue weighted by Crippen LogP contribution is 2.39. The third kappa shape index (κ3) is 2.59. The smallest absolute Gasteiger partial charge is 0.186 e. The fraction of sp³-hybridized carbons (Fsp3) is 0.800. The van der Waals surface area contributed by atoms with Gasteiger partial charge in [-0.25, -0.2) is 4.98 Å². The number of aromatic nitrogens is 1. The number of hydrogen-bond acceptors (Lipinski definition) is 5. The van der Waals surface area contributed by atoms with Crippen LogP contribution in [0.15, 0.2) is 0 Å². The number of hydrogen-bond donors (Lipinski definition) is 1. The molecule has 1 aliphatic heterocycles. The molecule has 3 rings (SSSR count). The van der Waals surface area contributed by atoms with Gasteiger partial charge in [0.15, 0.2) is 5.13 Å². The second-order valence-electron chi connectivity index (χ2n) is 6.33. The maximum atomic E-state index is 5.62. The standard InChI is InChI=1S/C15H25N3OS/c1-4-16-11-6-5-7-12-13(11)20-14(17-12)18-8-9-19-10-15(18,2)3/h11,16H,4-10H2,1-3H3. The summed E-state index contributed by atoms with van der Waals surface area (Å²) in [6.07, 6.45) is 3.63. The Balaban J connectivity index is 1.88. The maximum Gasteiger partial charge on any atom is 0.186 e. The lowest BCUT2D eigenvalue weighted by atomic mass is 9.98. The van der Waals surface area contributed by atoms with E-state index < -0.39 is 0 Å². The average molecular weight is 295 g/mol. The van der Waals surface area contributed by atoms with Gasteiger partial charge in [0.2, 0.25) is 0 Å². The minimum absolute atomic E-state index is 0.0480. The summed E-state index contributed by atoms with van der Waals surface area (Å²) in [5.41, 5.74) is 1.37. The minimum atomic E-state index is 0.0480. The second kappa shape index (κ2) is 5.62. The molecule has 0 spiro atoms. The molecule has 5 heteroatoms. The fourth-order valence-electron chi connectivity index (χ4n) is 3.18. The fourth-order valence-corrected chi connectivity index (χ4v) is 4.59. The molecule has 2 heterocycles. The number of thiazole rings is 1. The molecule has 2 aliphatic rings. The highest BCUT2D eigenvalue weighted by Gasteiger charge is 2.34. The molecule has 112 valence electrons. The number of anilines is 1. The van der Waals surface area contributed by atoms with E-state index >= 15 is 0 Å². The van der Waals surface area contributed by atoms with Crippen molar-refractivity contribution in [2.45, 2.75) is 51.6 Å². The van der Waals surface area contributed by atoms with Gasteiger partial charge in [0, 0.05) is 17.5 Å². The Morgan fingerprint density at radius 1 is 1.50 bits per heavy atom. The van der Waals surface area contributed by atoms with Gasteiger partial charge in [-0.3, -0.25) is 0 Å². The lowest BCUT2D eigenvalue weighted by Gasteiger charge is -2.42. The van der Waals surface area contributed by atoms with Crippen molar-refractivity contribution in [3.63, 3.8) is 0 Å². The molecule has 1 atom stereocenters. The minimum Gasteiger partial charge on any atom is -0.377 e. The van der Waals surface area contributed by atoms with E-state index in [0.717, 1.165) is 32.7 Å². The van der Waals surface area contributed by atoms with Gasteiger partial charge < -0.3 is 15.0 Å². The number of nitrogens with zero attached hydrogens (tertiary/aromatic N) is 2. The molecule has 1 fully saturated rings. The van der Waals surface area contributed by atoms with E-state index in [1.165, 1.54) is 28.5 Å². The Bertz CT molecular complexity index is 472. The summed E-state index contributed by atoms with van der Waals surface area (Å²) in [5.74, 6) is 0. The van der Waals surface area contributed by atoms with Gasteiger partial charge in [-0.05, 0) is 39.7 Å². The van der Waals surface area contributed by atoms with Gasteiger partial charge in [-0.1, -0.05) is 18.3 Å². The maximum absolute atomic E-state index is 5.62. The third-order valence-corrected chi connectivity index (χ3v) is 5.50. The number of nitrogens with one attached hydrogen (secondary N) is 1. The molecule has 0 aromatic carbocycles. The molecule has 0 saturated carbocycles. The number of ether oxygens (including phenoxy) is 1. The van der Waals surface area contributed by atoms with E-state index in [9.17, 15) is 0 Å². The van der Waals surface area contributed by atoms with Crippen LogP contribution in [0.1, 0.15) is 50.2 Å². The van der Waals surface area contributed by atoms with Crippen LogP contribution in [0.5, 0.6) is 0 Å². The highest BCUT2D eigenvalue weighted by atomic mass is 32.1. The molecule has 1 N–H and O–H groups in total. The van der Waals surface area contributed by atoms with Crippen molar-refractivity contribution in [3.8, 4) is 0 Å². The lowest BCUT2D eigenvalue weighted by Crippen LogP contribution is -2.53. The van der Waals surface area contributed by atoms with Gasteiger partial charge in [0.1, 0.15) is 0 Å². The molecule has 1 saturated heterocycles. The van der Waals surface area contributed by atoms with Crippen molar-refractivity contribution in [1.29, 1.82) is 0 Å². The van der Waals surface area contributed by atoms with Crippen LogP contribution in [0, 0.1) is 0 Å². The van der Waals surface area contributed by atoms with E-state index in [-0.39, 0.29) is 5.54 Å². The zero-order valence-corrected chi connectivity index (χ0v) is 13.6. The first-order valence-corrected chi connectivity index (χ1v) is 8.52. The van der Waals surface area contributed by atoms with Crippen LogP contribution < -0.4 is 10.2 Å². The van der Waals surface area contributed by atoms with Crippen molar-refractivity contribution < 1.29 is 4.74 Å². The van der Waals surface area contributed by atoms with Crippen LogP contribution in [0.25, 0.3) is 0 Å². The van der Waals surface area contributed by atoms with Crippen molar-refractivity contribution in [1.82, 2.24) is 10.3 Å². The van der Waals surface area contributed by atoms with Gasteiger partial charge in [-0.2, -0.15) is 0 Å². The summed E-state index contributed by atoms with van der Waals surface area (Å²) in [7, 11) is 0. The van der Waals surface area contributed by atoms with Crippen molar-refractivity contribution >= 4 is 16.5 Å². The molecule has 20 heavy (non-hydrogen) atoms. The summed E-state index contributed by atoms with van der Waals surface area (Å²) in [4.78, 5) is 8.85. The number of aryl methyl sites for hydroxylation is 1. The second-order valence-corrected chi connectivity index (χ2v) is 7.34. The predicted molar refractivity (Wildman–Crippen MR) is 83.7 cm³/mol. The summed E-state index contributed by atoms with van der Waals surface area (Å²) in [5, 5.41) is 4.79. The topological polar surface area (TPSA) is 37.4 Å². The molecule has 0 amide bonds. The summed E-state index contributed by atoms with van der Waals surface area (Å²) in [6.45, 7) is 10.2. The van der Waals surface area contributed by atoms with Gasteiger partial charge in [-0.15, -0.1) is 0 Å². The Hall–Kier alpha value is -0.650. The molecule has 4 nitrogen and oxygen atoms in total. The predicted octanol–water partition coefficient (Wildman–Crippen LogP) is 2.75. The van der Waals surface area contributed by atoms with Crippen molar-refractivity contribution in [3.05, 3.63) is 10.6 Å². The molecule has 1 unspecified atom stereocenters. The highest BCUT2D eigenvalue weighted by molar-refractivity contribution is 7.15. The first-order chi connectivity index (χ1) is 9.62. The van der Waals surface area contributed by atoms with E-state index in [4.69, 9.17) is 9.72 Å². The van der Waals surface area contributed by atoms with Gasteiger partial charge >= 0.3 is 0 Å². The van der Waals surface area contributed by atoms with Crippen LogP contribution in [0.4, 0.5) is 5.13 Å². The van der Waals surface area contributed by atoms with Crippen LogP contribution >= 0.6 is 11.3 Å². The molecule has 1 aromatic rings. The molecule has 0 bridgehead atoms. The Kier molecular flexibility index (Phi) is 4.02. The quantitative estimate of drug-likeness (QED) is 0.930. The Morgan fingerprint density at radius 2 is 2.35 bits per heavy atom. The van der Waals surface area contributed by atoms with Gasteiger partial charge in [0.25, 0.3) is 0 Å². The lowest BCUT2D eigenvalue weighted by molar-refractivity contribution is 0.0643. The van der Waals surface area contributed by atoms with E-state index in [1.807, 2.05) is 11.3 Å². The zero-order chi connectivity index (χ0) is 14.2. The number of morpholine rings is 1. The van der Waals surface area contributed by atoms with E-state index in [2.05, 4.69) is 31.0 Å². The molecule has 1 aromatic heterocycles. The van der Waals surface area contributed by atoms with E-state index in [0.29, 0.717) is 6.04 Å². The number of fused-ring (bicyclic) bond motifs is 1. The first-order valence-electron chi connectivity index (χ1n) is 7.70. The SMILES string of the molecule is CCNC1CCCc2nc(N3CCOCC3(C)C)sc21. The van der Waals surface area contributed by atoms with Crippen LogP contribution in [-0.2, 0) is 11.2 Å². The first kappa shape index (κ1) is 14.3. The summed E-state index contributed by atoms with van der Waals surface area (Å²) < 4.78 is 5.62. The largest absolute Gasteiger partial charge is 0.377 e. The average Bonchev–Trinajstić information content (AvgIpc) is 2.83. The van der Waals surface area contributed by atoms with Crippen molar-refractivity contribution in [2.75, 3.05) is 31.2 Å². The number of rotatable bonds is 3. The Labute approximate surface area is 125 Å². The van der Waals surface area contributed by atoms with Crippen LogP contribution in [0.3, 0.4) is 0 Å². The molecule has 1 aliphatic carbocycles. The van der Waals surface area contributed by atoms with E-state index in [1.54, 1.807) is 0 Å². The molecular formula is C15H25N3OS. The zero-order valence-electron chi connectivity index (χ0n) is 12.7. The van der Waals surface area contributed by atoms with Gasteiger partial charge in [0.05, 0.1) is 24.4 Å². The molecule has 0 radical (unpaired) electrons. The monoisotopic (exact) mass is 295 g/mol. The summed E-state index contributed by atoms with van der Waals surface area (Å²) >= 11 is 1.89. The third-order valence-electron chi connectivity index (χ3n) is 4.27. The van der Waals surface area contributed by atoms with Crippen molar-refractivity contribution in [2.24, 2.45) is 0 Å². The van der Waals surface area contributed by atoms with Crippen LogP contribution in [0.2, 0.25) is 0 Å².